The summed E-state index contributed by atoms with van der Waals surface area (Å²) in [5.41, 5.74) is -0.224. The number of nitrogens with zero attached hydrogens (tertiary/aromatic N) is 1. The molecule has 0 bridgehead atoms. The predicted octanol–water partition coefficient (Wildman–Crippen LogP) is 4.04. The van der Waals surface area contributed by atoms with Crippen LogP contribution in [-0.2, 0) is 6.18 Å². The Morgan fingerprint density at radius 2 is 1.73 bits per heavy atom. The number of carbonyl (C=O) groups excluding carboxylic acids is 1. The van der Waals surface area contributed by atoms with Crippen LogP contribution in [0.15, 0.2) is 36.4 Å². The maximum atomic E-state index is 13.0. The van der Waals surface area contributed by atoms with Gasteiger partial charge < -0.3 is 19.7 Å². The van der Waals surface area contributed by atoms with Crippen molar-refractivity contribution < 1.29 is 27.4 Å². The molecule has 1 N–H and O–H groups in total. The van der Waals surface area contributed by atoms with Crippen LogP contribution in [0.4, 0.5) is 24.5 Å². The van der Waals surface area contributed by atoms with Crippen molar-refractivity contribution in [3.05, 3.63) is 47.5 Å². The van der Waals surface area contributed by atoms with Gasteiger partial charge in [-0.2, -0.15) is 13.2 Å². The molecule has 0 aromatic heterocycles. The first kappa shape index (κ1) is 19.4. The number of nitrogens with one attached hydrogen (secondary N) is 1. The van der Waals surface area contributed by atoms with Crippen molar-refractivity contribution in [2.75, 3.05) is 38.5 Å². The Labute approximate surface area is 149 Å². The lowest BCUT2D eigenvalue weighted by Crippen LogP contribution is -2.18. The Morgan fingerprint density at radius 3 is 2.27 bits per heavy atom. The van der Waals surface area contributed by atoms with Gasteiger partial charge in [0.25, 0.3) is 5.91 Å². The van der Waals surface area contributed by atoms with E-state index in [0.717, 1.165) is 12.1 Å². The van der Waals surface area contributed by atoms with Crippen molar-refractivity contribution in [2.24, 2.45) is 0 Å². The topological polar surface area (TPSA) is 50.8 Å². The van der Waals surface area contributed by atoms with Crippen LogP contribution in [0.5, 0.6) is 11.5 Å². The van der Waals surface area contributed by atoms with Crippen LogP contribution >= 0.6 is 0 Å². The molecule has 0 atom stereocenters. The van der Waals surface area contributed by atoms with Gasteiger partial charge in [-0.15, -0.1) is 0 Å². The van der Waals surface area contributed by atoms with E-state index < -0.39 is 17.6 Å². The molecule has 0 spiro atoms. The number of alkyl halides is 3. The number of hydrogen-bond acceptors (Lipinski definition) is 4. The molecule has 0 aliphatic carbocycles. The van der Waals surface area contributed by atoms with Gasteiger partial charge in [-0.1, -0.05) is 0 Å². The molecule has 2 aromatic carbocycles. The molecule has 0 fully saturated rings. The molecular formula is C18H19F3N2O3. The van der Waals surface area contributed by atoms with Gasteiger partial charge in [-0.25, -0.2) is 0 Å². The molecule has 26 heavy (non-hydrogen) atoms. The zero-order valence-electron chi connectivity index (χ0n) is 14.8. The highest BCUT2D eigenvalue weighted by atomic mass is 19.4. The minimum Gasteiger partial charge on any atom is -0.497 e. The summed E-state index contributed by atoms with van der Waals surface area (Å²) in [6, 6.07) is 7.80. The molecule has 5 nitrogen and oxygen atoms in total. The van der Waals surface area contributed by atoms with E-state index in [-0.39, 0.29) is 17.0 Å². The Morgan fingerprint density at radius 1 is 1.04 bits per heavy atom. The highest BCUT2D eigenvalue weighted by Crippen LogP contribution is 2.35. The average Bonchev–Trinajstić information content (AvgIpc) is 2.59. The summed E-state index contributed by atoms with van der Waals surface area (Å²) in [5, 5.41) is 2.53. The summed E-state index contributed by atoms with van der Waals surface area (Å²) in [6.07, 6.45) is -4.52. The van der Waals surface area contributed by atoms with E-state index in [1.54, 1.807) is 31.1 Å². The standard InChI is InChI=1S/C18H19F3N2O3/c1-23(2)15-7-5-11(18(19,20)21)9-14(15)22-17(24)13-10-12(25-3)6-8-16(13)26-4/h5-10H,1-4H3,(H,22,24). The molecule has 0 saturated heterocycles. The largest absolute Gasteiger partial charge is 0.497 e. The van der Waals surface area contributed by atoms with Crippen LogP contribution < -0.4 is 19.7 Å². The smallest absolute Gasteiger partial charge is 0.416 e. The van der Waals surface area contributed by atoms with Crippen molar-refractivity contribution in [3.8, 4) is 11.5 Å². The number of amides is 1. The zero-order valence-corrected chi connectivity index (χ0v) is 14.8. The summed E-state index contributed by atoms with van der Waals surface area (Å²) in [5.74, 6) is 0.0951. The van der Waals surface area contributed by atoms with E-state index >= 15 is 0 Å². The summed E-state index contributed by atoms with van der Waals surface area (Å²) in [4.78, 5) is 14.3. The first-order chi connectivity index (χ1) is 12.2. The zero-order chi connectivity index (χ0) is 19.5. The summed E-state index contributed by atoms with van der Waals surface area (Å²) < 4.78 is 49.3. The Balaban J connectivity index is 2.45. The molecule has 140 valence electrons. The molecule has 2 aromatic rings. The third kappa shape index (κ3) is 4.19. The van der Waals surface area contributed by atoms with Crippen molar-refractivity contribution >= 4 is 17.3 Å². The molecule has 0 heterocycles. The fraction of sp³-hybridized carbons (Fsp3) is 0.278. The number of anilines is 2. The van der Waals surface area contributed by atoms with Gasteiger partial charge >= 0.3 is 6.18 Å². The summed E-state index contributed by atoms with van der Waals surface area (Å²) in [6.45, 7) is 0. The fourth-order valence-corrected chi connectivity index (χ4v) is 2.38. The van der Waals surface area contributed by atoms with E-state index in [4.69, 9.17) is 9.47 Å². The molecule has 2 rings (SSSR count). The van der Waals surface area contributed by atoms with Crippen LogP contribution in [0.3, 0.4) is 0 Å². The third-order valence-electron chi connectivity index (χ3n) is 3.71. The maximum absolute atomic E-state index is 13.0. The highest BCUT2D eigenvalue weighted by Gasteiger charge is 2.31. The third-order valence-corrected chi connectivity index (χ3v) is 3.71. The van der Waals surface area contributed by atoms with Gasteiger partial charge in [-0.05, 0) is 36.4 Å². The second kappa shape index (κ2) is 7.55. The van der Waals surface area contributed by atoms with Crippen molar-refractivity contribution in [3.63, 3.8) is 0 Å². The van der Waals surface area contributed by atoms with Gasteiger partial charge in [-0.3, -0.25) is 4.79 Å². The number of halogens is 3. The van der Waals surface area contributed by atoms with Crippen molar-refractivity contribution in [1.82, 2.24) is 0 Å². The maximum Gasteiger partial charge on any atom is 0.416 e. The Bertz CT molecular complexity index is 805. The fourth-order valence-electron chi connectivity index (χ4n) is 2.38. The highest BCUT2D eigenvalue weighted by molar-refractivity contribution is 6.08. The Kier molecular flexibility index (Phi) is 5.64. The number of ether oxygens (including phenoxy) is 2. The lowest BCUT2D eigenvalue weighted by atomic mass is 10.1. The van der Waals surface area contributed by atoms with E-state index in [1.807, 2.05) is 0 Å². The molecule has 0 aliphatic heterocycles. The number of benzene rings is 2. The van der Waals surface area contributed by atoms with Gasteiger partial charge in [0, 0.05) is 14.1 Å². The van der Waals surface area contributed by atoms with E-state index in [1.165, 1.54) is 26.4 Å². The lowest BCUT2D eigenvalue weighted by molar-refractivity contribution is -0.137. The number of methoxy groups -OCH3 is 2. The van der Waals surface area contributed by atoms with Crippen molar-refractivity contribution in [2.45, 2.75) is 6.18 Å². The number of hydrogen-bond donors (Lipinski definition) is 1. The second-order valence-electron chi connectivity index (χ2n) is 5.64. The minimum atomic E-state index is -4.52. The van der Waals surface area contributed by atoms with Gasteiger partial charge in [0.2, 0.25) is 0 Å². The first-order valence-corrected chi connectivity index (χ1v) is 7.59. The molecule has 0 unspecified atom stereocenters. The van der Waals surface area contributed by atoms with E-state index in [2.05, 4.69) is 5.32 Å². The van der Waals surface area contributed by atoms with Crippen LogP contribution in [-0.4, -0.2) is 34.2 Å². The average molecular weight is 368 g/mol. The van der Waals surface area contributed by atoms with Gasteiger partial charge in [0.05, 0.1) is 36.7 Å². The van der Waals surface area contributed by atoms with Crippen LogP contribution in [0, 0.1) is 0 Å². The molecule has 1 amide bonds. The van der Waals surface area contributed by atoms with E-state index in [9.17, 15) is 18.0 Å². The monoisotopic (exact) mass is 368 g/mol. The van der Waals surface area contributed by atoms with Crippen LogP contribution in [0.1, 0.15) is 15.9 Å². The summed E-state index contributed by atoms with van der Waals surface area (Å²) in [7, 11) is 6.18. The van der Waals surface area contributed by atoms with Gasteiger partial charge in [0.1, 0.15) is 11.5 Å². The quantitative estimate of drug-likeness (QED) is 0.865. The molecule has 8 heteroatoms. The molecule has 0 saturated carbocycles. The normalized spacial score (nSPS) is 11.0. The van der Waals surface area contributed by atoms with E-state index in [0.29, 0.717) is 11.4 Å². The van der Waals surface area contributed by atoms with Gasteiger partial charge in [0.15, 0.2) is 0 Å². The van der Waals surface area contributed by atoms with Crippen LogP contribution in [0.25, 0.3) is 0 Å². The molecular weight excluding hydrogens is 349 g/mol. The number of rotatable bonds is 5. The predicted molar refractivity (Wildman–Crippen MR) is 93.3 cm³/mol. The minimum absolute atomic E-state index is 0.0414. The molecule has 0 aliphatic rings. The number of carbonyl (C=O) groups is 1. The lowest BCUT2D eigenvalue weighted by Gasteiger charge is -2.20. The second-order valence-corrected chi connectivity index (χ2v) is 5.64. The molecule has 0 radical (unpaired) electrons. The van der Waals surface area contributed by atoms with Crippen molar-refractivity contribution in [1.29, 1.82) is 0 Å². The SMILES string of the molecule is COc1ccc(OC)c(C(=O)Nc2cc(C(F)(F)F)ccc2N(C)C)c1. The summed E-state index contributed by atoms with van der Waals surface area (Å²) >= 11 is 0. The Hall–Kier alpha value is -2.90. The first-order valence-electron chi connectivity index (χ1n) is 7.59. The van der Waals surface area contributed by atoms with Crippen LogP contribution in [0.2, 0.25) is 0 Å².